The lowest BCUT2D eigenvalue weighted by atomic mass is 9.93. The van der Waals surface area contributed by atoms with Crippen molar-refractivity contribution >= 4 is 12.0 Å². The second kappa shape index (κ2) is 7.59. The summed E-state index contributed by atoms with van der Waals surface area (Å²) in [6.07, 6.45) is 0. The summed E-state index contributed by atoms with van der Waals surface area (Å²) >= 11 is 0. The molecule has 1 atom stereocenters. The molecular formula is C17H20F2N2O5. The second-order valence-corrected chi connectivity index (χ2v) is 5.63. The molecule has 1 aliphatic heterocycles. The molecule has 0 aliphatic carbocycles. The van der Waals surface area contributed by atoms with Gasteiger partial charge in [-0.2, -0.15) is 8.78 Å². The quantitative estimate of drug-likeness (QED) is 0.746. The summed E-state index contributed by atoms with van der Waals surface area (Å²) in [6.45, 7) is -1.43. The molecule has 142 valence electrons. The van der Waals surface area contributed by atoms with Crippen molar-refractivity contribution in [3.05, 3.63) is 35.0 Å². The van der Waals surface area contributed by atoms with Crippen molar-refractivity contribution in [2.24, 2.45) is 0 Å². The maximum absolute atomic E-state index is 12.7. The van der Waals surface area contributed by atoms with E-state index in [1.165, 1.54) is 50.2 Å². The summed E-state index contributed by atoms with van der Waals surface area (Å²) in [5.41, 5.74) is 1.05. The van der Waals surface area contributed by atoms with E-state index in [2.05, 4.69) is 4.74 Å². The second-order valence-electron chi connectivity index (χ2n) is 5.63. The highest BCUT2D eigenvalue weighted by atomic mass is 19.3. The van der Waals surface area contributed by atoms with Gasteiger partial charge in [-0.15, -0.1) is 0 Å². The normalized spacial score (nSPS) is 17.7. The van der Waals surface area contributed by atoms with E-state index in [-0.39, 0.29) is 23.1 Å². The van der Waals surface area contributed by atoms with Gasteiger partial charge in [0.25, 0.3) is 0 Å². The molecular weight excluding hydrogens is 350 g/mol. The predicted octanol–water partition coefficient (Wildman–Crippen LogP) is 2.78. The first kappa shape index (κ1) is 19.5. The maximum atomic E-state index is 12.7. The zero-order valence-electron chi connectivity index (χ0n) is 15.1. The first-order chi connectivity index (χ1) is 12.2. The van der Waals surface area contributed by atoms with Gasteiger partial charge in [-0.05, 0) is 24.6 Å². The Labute approximate surface area is 149 Å². The number of benzene rings is 1. The Kier molecular flexibility index (Phi) is 5.69. The molecule has 0 unspecified atom stereocenters. The number of amides is 2. The molecule has 26 heavy (non-hydrogen) atoms. The van der Waals surface area contributed by atoms with Crippen LogP contribution in [0.1, 0.15) is 18.5 Å². The molecule has 1 aromatic carbocycles. The lowest BCUT2D eigenvalue weighted by Crippen LogP contribution is -2.47. The van der Waals surface area contributed by atoms with E-state index in [1.54, 1.807) is 13.0 Å². The van der Waals surface area contributed by atoms with E-state index in [1.807, 2.05) is 0 Å². The average Bonchev–Trinajstić information content (AvgIpc) is 2.61. The molecule has 0 spiro atoms. The van der Waals surface area contributed by atoms with Crippen LogP contribution in [0.25, 0.3) is 0 Å². The van der Waals surface area contributed by atoms with Crippen molar-refractivity contribution in [2.45, 2.75) is 19.6 Å². The zero-order valence-corrected chi connectivity index (χ0v) is 15.1. The number of hydrogen-bond acceptors (Lipinski definition) is 5. The predicted molar refractivity (Wildman–Crippen MR) is 88.0 cm³/mol. The molecule has 2 rings (SSSR count). The first-order valence-electron chi connectivity index (χ1n) is 7.65. The Morgan fingerprint density at radius 1 is 1.19 bits per heavy atom. The van der Waals surface area contributed by atoms with Crippen molar-refractivity contribution in [3.63, 3.8) is 0 Å². The van der Waals surface area contributed by atoms with Gasteiger partial charge in [-0.3, -0.25) is 0 Å². The van der Waals surface area contributed by atoms with Crippen LogP contribution in [0.4, 0.5) is 13.6 Å². The number of hydrogen-bond donors (Lipinski definition) is 0. The van der Waals surface area contributed by atoms with Crippen LogP contribution in [0, 0.1) is 0 Å². The fourth-order valence-electron chi connectivity index (χ4n) is 2.87. The van der Waals surface area contributed by atoms with Crippen LogP contribution in [-0.4, -0.2) is 56.7 Å². The van der Waals surface area contributed by atoms with E-state index >= 15 is 0 Å². The molecule has 1 aromatic rings. The highest BCUT2D eigenvalue weighted by Gasteiger charge is 2.39. The molecule has 0 aromatic heterocycles. The number of rotatable bonds is 5. The van der Waals surface area contributed by atoms with Gasteiger partial charge in [-0.1, -0.05) is 6.07 Å². The minimum Gasteiger partial charge on any atom is -0.493 e. The molecule has 2 amide bonds. The number of urea groups is 1. The standard InChI is InChI=1S/C17H20F2N2O5/c1-9-13(15(22)25-5)14(21(3)17(23)20(9)2)10-6-7-11(24-4)12(8-10)26-16(18)19/h6-8,14,16H,1-5H3/t14-/m0/s1. The highest BCUT2D eigenvalue weighted by molar-refractivity contribution is 5.94. The third-order valence-corrected chi connectivity index (χ3v) is 4.27. The molecule has 0 N–H and O–H groups in total. The van der Waals surface area contributed by atoms with Crippen LogP contribution in [0.2, 0.25) is 0 Å². The fraction of sp³-hybridized carbons (Fsp3) is 0.412. The summed E-state index contributed by atoms with van der Waals surface area (Å²) in [5.74, 6) is -0.705. The van der Waals surface area contributed by atoms with Gasteiger partial charge in [-0.25, -0.2) is 9.59 Å². The van der Waals surface area contributed by atoms with Crippen molar-refractivity contribution in [3.8, 4) is 11.5 Å². The number of carbonyl (C=O) groups excluding carboxylic acids is 2. The minimum absolute atomic E-state index is 0.108. The number of allylic oxidation sites excluding steroid dienone is 1. The van der Waals surface area contributed by atoms with Crippen molar-refractivity contribution in [1.82, 2.24) is 9.80 Å². The monoisotopic (exact) mass is 370 g/mol. The summed E-state index contributed by atoms with van der Waals surface area (Å²) in [7, 11) is 5.60. The lowest BCUT2D eigenvalue weighted by Gasteiger charge is -2.39. The summed E-state index contributed by atoms with van der Waals surface area (Å²) < 4.78 is 39.7. The Hall–Kier alpha value is -2.84. The number of likely N-dealkylation sites (N-methyl/N-ethyl adjacent to an activating group) is 1. The van der Waals surface area contributed by atoms with Crippen LogP contribution in [0.15, 0.2) is 29.5 Å². The molecule has 7 nitrogen and oxygen atoms in total. The van der Waals surface area contributed by atoms with Gasteiger partial charge in [0.05, 0.1) is 25.8 Å². The molecule has 0 fully saturated rings. The molecule has 1 heterocycles. The number of esters is 1. The van der Waals surface area contributed by atoms with Crippen molar-refractivity contribution < 1.29 is 32.6 Å². The Balaban J connectivity index is 2.62. The van der Waals surface area contributed by atoms with Crippen molar-refractivity contribution in [1.29, 1.82) is 0 Å². The lowest BCUT2D eigenvalue weighted by molar-refractivity contribution is -0.137. The Morgan fingerprint density at radius 3 is 2.38 bits per heavy atom. The van der Waals surface area contributed by atoms with Crippen LogP contribution in [0.5, 0.6) is 11.5 Å². The Morgan fingerprint density at radius 2 is 1.85 bits per heavy atom. The van der Waals surface area contributed by atoms with Gasteiger partial charge in [0.15, 0.2) is 11.5 Å². The summed E-state index contributed by atoms with van der Waals surface area (Å²) in [4.78, 5) is 27.4. The van der Waals surface area contributed by atoms with Crippen LogP contribution < -0.4 is 9.47 Å². The SMILES string of the molecule is COC(=O)C1=C(C)N(C)C(=O)N(C)[C@H]1c1ccc(OC)c(OC(F)F)c1. The number of methoxy groups -OCH3 is 2. The van der Waals surface area contributed by atoms with Gasteiger partial charge >= 0.3 is 18.6 Å². The van der Waals surface area contributed by atoms with Crippen LogP contribution in [0.3, 0.4) is 0 Å². The first-order valence-corrected chi connectivity index (χ1v) is 7.65. The molecule has 1 aliphatic rings. The van der Waals surface area contributed by atoms with Gasteiger partial charge in [0.2, 0.25) is 0 Å². The van der Waals surface area contributed by atoms with Gasteiger partial charge in [0.1, 0.15) is 0 Å². The van der Waals surface area contributed by atoms with E-state index in [9.17, 15) is 18.4 Å². The molecule has 0 bridgehead atoms. The maximum Gasteiger partial charge on any atom is 0.387 e. The topological polar surface area (TPSA) is 68.3 Å². The Bertz CT molecular complexity index is 751. The average molecular weight is 370 g/mol. The minimum atomic E-state index is -3.05. The highest BCUT2D eigenvalue weighted by Crippen LogP contribution is 2.39. The molecule has 0 radical (unpaired) electrons. The van der Waals surface area contributed by atoms with E-state index in [4.69, 9.17) is 9.47 Å². The number of alkyl halides is 2. The molecule has 9 heteroatoms. The third kappa shape index (κ3) is 3.42. The largest absolute Gasteiger partial charge is 0.493 e. The zero-order chi connectivity index (χ0) is 19.6. The smallest absolute Gasteiger partial charge is 0.387 e. The number of carbonyl (C=O) groups is 2. The summed E-state index contributed by atoms with van der Waals surface area (Å²) in [5, 5.41) is 0. The third-order valence-electron chi connectivity index (χ3n) is 4.27. The molecule has 0 saturated heterocycles. The van der Waals surface area contributed by atoms with Crippen LogP contribution >= 0.6 is 0 Å². The number of ether oxygens (including phenoxy) is 3. The van der Waals surface area contributed by atoms with Crippen LogP contribution in [-0.2, 0) is 9.53 Å². The van der Waals surface area contributed by atoms with E-state index < -0.39 is 18.6 Å². The van der Waals surface area contributed by atoms with Gasteiger partial charge in [0, 0.05) is 19.8 Å². The number of halogens is 2. The van der Waals surface area contributed by atoms with E-state index in [0.29, 0.717) is 11.3 Å². The number of nitrogens with zero attached hydrogens (tertiary/aromatic N) is 2. The fourth-order valence-corrected chi connectivity index (χ4v) is 2.87. The molecule has 0 saturated carbocycles. The summed E-state index contributed by atoms with van der Waals surface area (Å²) in [6, 6.07) is 3.16. The van der Waals surface area contributed by atoms with Crippen molar-refractivity contribution in [2.75, 3.05) is 28.3 Å². The van der Waals surface area contributed by atoms with E-state index in [0.717, 1.165) is 0 Å². The van der Waals surface area contributed by atoms with Gasteiger partial charge < -0.3 is 24.0 Å².